The third-order valence-corrected chi connectivity index (χ3v) is 3.59. The van der Waals surface area contributed by atoms with Gasteiger partial charge < -0.3 is 19.1 Å². The zero-order valence-electron chi connectivity index (χ0n) is 11.9. The van der Waals surface area contributed by atoms with E-state index in [1.165, 1.54) is 11.1 Å². The van der Waals surface area contributed by atoms with E-state index in [9.17, 15) is 4.79 Å². The molecule has 1 amide bonds. The van der Waals surface area contributed by atoms with E-state index in [4.69, 9.17) is 14.2 Å². The summed E-state index contributed by atoms with van der Waals surface area (Å²) in [5, 5.41) is 4.32. The number of amides is 1. The summed E-state index contributed by atoms with van der Waals surface area (Å²) in [4.78, 5) is 13.4. The second-order valence-electron chi connectivity index (χ2n) is 5.03. The van der Waals surface area contributed by atoms with Crippen LogP contribution in [0.1, 0.15) is 11.1 Å². The number of morpholine rings is 1. The van der Waals surface area contributed by atoms with Gasteiger partial charge in [-0.05, 0) is 23.3 Å². The molecule has 2 heterocycles. The Kier molecular flexibility index (Phi) is 4.57. The monoisotopic (exact) mass is 291 g/mol. The van der Waals surface area contributed by atoms with E-state index in [0.717, 1.165) is 18.8 Å². The van der Waals surface area contributed by atoms with E-state index >= 15 is 0 Å². The number of fused-ring (bicyclic) bond motifs is 1. The van der Waals surface area contributed by atoms with Gasteiger partial charge >= 0.3 is 6.09 Å². The Labute approximate surface area is 124 Å². The topological polar surface area (TPSA) is 62.1 Å². The molecule has 1 radical (unpaired) electrons. The van der Waals surface area contributed by atoms with E-state index < -0.39 is 0 Å². The van der Waals surface area contributed by atoms with Gasteiger partial charge in [0, 0.05) is 26.2 Å². The fourth-order valence-electron chi connectivity index (χ4n) is 2.42. The molecule has 113 valence electrons. The first kappa shape index (κ1) is 14.2. The Bertz CT molecular complexity index is 500. The summed E-state index contributed by atoms with van der Waals surface area (Å²) >= 11 is 0. The molecule has 0 aromatic heterocycles. The molecular weight excluding hydrogens is 272 g/mol. The number of carbonyl (C=O) groups is 1. The highest BCUT2D eigenvalue weighted by Crippen LogP contribution is 2.22. The number of rotatable bonds is 4. The predicted octanol–water partition coefficient (Wildman–Crippen LogP) is 1.15. The third-order valence-electron chi connectivity index (χ3n) is 3.59. The Balaban J connectivity index is 1.39. The van der Waals surface area contributed by atoms with Crippen molar-refractivity contribution in [2.75, 3.05) is 39.5 Å². The van der Waals surface area contributed by atoms with Gasteiger partial charge in [-0.25, -0.2) is 10.1 Å². The fraction of sp³-hybridized carbons (Fsp3) is 0.533. The highest BCUT2D eigenvalue weighted by atomic mass is 16.6. The van der Waals surface area contributed by atoms with Crippen LogP contribution in [-0.4, -0.2) is 50.5 Å². The first-order valence-electron chi connectivity index (χ1n) is 7.20. The first-order valence-corrected chi connectivity index (χ1v) is 7.20. The van der Waals surface area contributed by atoms with Gasteiger partial charge in [0.05, 0.1) is 13.2 Å². The second-order valence-corrected chi connectivity index (χ2v) is 5.03. The average molecular weight is 291 g/mol. The number of nitrogens with zero attached hydrogens (tertiary/aromatic N) is 2. The lowest BCUT2D eigenvalue weighted by molar-refractivity contribution is 0.0239. The smallest absolute Gasteiger partial charge is 0.410 e. The molecule has 6 heteroatoms. The molecule has 2 aliphatic heterocycles. The SMILES string of the molecule is O=C(OCCOc1ccc2c(c1)C[N]C2)N1CCOCC1. The van der Waals surface area contributed by atoms with Gasteiger partial charge in [0.25, 0.3) is 0 Å². The van der Waals surface area contributed by atoms with Gasteiger partial charge in [0.1, 0.15) is 19.0 Å². The molecule has 1 aromatic carbocycles. The zero-order chi connectivity index (χ0) is 14.5. The minimum absolute atomic E-state index is 0.248. The van der Waals surface area contributed by atoms with Crippen molar-refractivity contribution in [1.82, 2.24) is 10.2 Å². The Morgan fingerprint density at radius 3 is 2.86 bits per heavy atom. The summed E-state index contributed by atoms with van der Waals surface area (Å²) in [5.74, 6) is 0.799. The fourth-order valence-corrected chi connectivity index (χ4v) is 2.42. The van der Waals surface area contributed by atoms with Crippen molar-refractivity contribution in [2.45, 2.75) is 13.1 Å². The molecule has 0 atom stereocenters. The van der Waals surface area contributed by atoms with Gasteiger partial charge in [0.2, 0.25) is 0 Å². The van der Waals surface area contributed by atoms with E-state index in [0.29, 0.717) is 32.9 Å². The van der Waals surface area contributed by atoms with Crippen molar-refractivity contribution in [1.29, 1.82) is 0 Å². The molecule has 0 bridgehead atoms. The second kappa shape index (κ2) is 6.78. The van der Waals surface area contributed by atoms with Crippen LogP contribution in [0.4, 0.5) is 4.79 Å². The molecule has 21 heavy (non-hydrogen) atoms. The van der Waals surface area contributed by atoms with Gasteiger partial charge in [-0.1, -0.05) is 6.07 Å². The molecule has 6 nitrogen and oxygen atoms in total. The standard InChI is InChI=1S/C15H19N2O4/c18-15(17-3-5-19-6-4-17)21-8-7-20-14-2-1-12-10-16-11-13(12)9-14/h1-2,9H,3-8,10-11H2. The summed E-state index contributed by atoms with van der Waals surface area (Å²) in [6.45, 7) is 4.49. The number of ether oxygens (including phenoxy) is 3. The van der Waals surface area contributed by atoms with E-state index in [2.05, 4.69) is 5.32 Å². The van der Waals surface area contributed by atoms with E-state index in [1.807, 2.05) is 18.2 Å². The molecule has 0 aliphatic carbocycles. The Morgan fingerprint density at radius 2 is 2.00 bits per heavy atom. The van der Waals surface area contributed by atoms with Gasteiger partial charge in [-0.3, -0.25) is 0 Å². The average Bonchev–Trinajstić information content (AvgIpc) is 3.00. The largest absolute Gasteiger partial charge is 0.490 e. The molecule has 1 fully saturated rings. The van der Waals surface area contributed by atoms with Crippen molar-refractivity contribution in [2.24, 2.45) is 0 Å². The van der Waals surface area contributed by atoms with Crippen molar-refractivity contribution >= 4 is 6.09 Å². The molecule has 0 spiro atoms. The summed E-state index contributed by atoms with van der Waals surface area (Å²) in [5.41, 5.74) is 2.49. The maximum atomic E-state index is 11.7. The highest BCUT2D eigenvalue weighted by Gasteiger charge is 2.17. The Hall–Kier alpha value is -1.79. The molecule has 3 rings (SSSR count). The van der Waals surface area contributed by atoms with Crippen LogP contribution in [0.15, 0.2) is 18.2 Å². The Morgan fingerprint density at radius 1 is 1.19 bits per heavy atom. The number of carbonyl (C=O) groups excluding carboxylic acids is 1. The van der Waals surface area contributed by atoms with Crippen molar-refractivity contribution in [3.05, 3.63) is 29.3 Å². The minimum atomic E-state index is -0.297. The molecule has 0 unspecified atom stereocenters. The van der Waals surface area contributed by atoms with Crippen molar-refractivity contribution in [3.8, 4) is 5.75 Å². The normalized spacial score (nSPS) is 17.4. The van der Waals surface area contributed by atoms with E-state index in [-0.39, 0.29) is 12.7 Å². The van der Waals surface area contributed by atoms with Crippen molar-refractivity contribution < 1.29 is 19.0 Å². The highest BCUT2D eigenvalue weighted by molar-refractivity contribution is 5.67. The molecular formula is C15H19N2O4. The van der Waals surface area contributed by atoms with Crippen LogP contribution in [0, 0.1) is 0 Å². The van der Waals surface area contributed by atoms with Crippen LogP contribution >= 0.6 is 0 Å². The lowest BCUT2D eigenvalue weighted by atomic mass is 10.1. The maximum Gasteiger partial charge on any atom is 0.410 e. The van der Waals surface area contributed by atoms with Crippen LogP contribution in [0.5, 0.6) is 5.75 Å². The summed E-state index contributed by atoms with van der Waals surface area (Å²) in [6.07, 6.45) is -0.297. The lowest BCUT2D eigenvalue weighted by Gasteiger charge is -2.25. The summed E-state index contributed by atoms with van der Waals surface area (Å²) < 4.78 is 16.0. The summed E-state index contributed by atoms with van der Waals surface area (Å²) in [6, 6.07) is 5.99. The molecule has 1 saturated heterocycles. The minimum Gasteiger partial charge on any atom is -0.490 e. The van der Waals surface area contributed by atoms with Crippen LogP contribution in [-0.2, 0) is 22.6 Å². The number of benzene rings is 1. The molecule has 1 aromatic rings. The zero-order valence-corrected chi connectivity index (χ0v) is 11.9. The quantitative estimate of drug-likeness (QED) is 0.781. The first-order chi connectivity index (χ1) is 10.3. The number of hydrogen-bond acceptors (Lipinski definition) is 4. The molecule has 0 N–H and O–H groups in total. The van der Waals surface area contributed by atoms with Gasteiger partial charge in [-0.15, -0.1) is 0 Å². The number of hydrogen-bond donors (Lipinski definition) is 0. The van der Waals surface area contributed by atoms with Gasteiger partial charge in [0.15, 0.2) is 0 Å². The third kappa shape index (κ3) is 3.65. The van der Waals surface area contributed by atoms with E-state index in [1.54, 1.807) is 4.90 Å². The van der Waals surface area contributed by atoms with Crippen LogP contribution in [0.3, 0.4) is 0 Å². The lowest BCUT2D eigenvalue weighted by Crippen LogP contribution is -2.41. The maximum absolute atomic E-state index is 11.7. The van der Waals surface area contributed by atoms with Crippen LogP contribution < -0.4 is 10.1 Å². The van der Waals surface area contributed by atoms with Crippen LogP contribution in [0.25, 0.3) is 0 Å². The van der Waals surface area contributed by atoms with Gasteiger partial charge in [-0.2, -0.15) is 0 Å². The molecule has 2 aliphatic rings. The predicted molar refractivity (Wildman–Crippen MR) is 75.2 cm³/mol. The van der Waals surface area contributed by atoms with Crippen molar-refractivity contribution in [3.63, 3.8) is 0 Å². The summed E-state index contributed by atoms with van der Waals surface area (Å²) in [7, 11) is 0. The molecule has 0 saturated carbocycles. The van der Waals surface area contributed by atoms with Crippen LogP contribution in [0.2, 0.25) is 0 Å².